The van der Waals surface area contributed by atoms with Gasteiger partial charge in [-0.3, -0.25) is 0 Å². The number of alkyl halides is 1. The maximum absolute atomic E-state index is 10.4. The molecule has 0 spiro atoms. The summed E-state index contributed by atoms with van der Waals surface area (Å²) >= 11 is 5.24. The molecular formula is C15H33Cl2NO8S4. The molecule has 15 heteroatoms. The summed E-state index contributed by atoms with van der Waals surface area (Å²) < 4.78 is 82.1. The summed E-state index contributed by atoms with van der Waals surface area (Å²) in [5, 5.41) is 4.32. The maximum atomic E-state index is 10.4. The van der Waals surface area contributed by atoms with Crippen molar-refractivity contribution in [1.82, 2.24) is 0 Å². The number of hydrogen-bond donors (Lipinski definition) is 1. The number of nitrogens with two attached hydrogens (primary N) is 1. The lowest BCUT2D eigenvalue weighted by atomic mass is 10.6. The molecule has 0 unspecified atom stereocenters. The lowest BCUT2D eigenvalue weighted by Crippen LogP contribution is -2.16. The van der Waals surface area contributed by atoms with Gasteiger partial charge in [-0.25, -0.2) is 38.8 Å². The first-order chi connectivity index (χ1) is 12.9. The zero-order valence-corrected chi connectivity index (χ0v) is 21.1. The Morgan fingerprint density at radius 1 is 0.767 bits per heavy atom. The van der Waals surface area contributed by atoms with Gasteiger partial charge in [-0.05, 0) is 44.9 Å². The minimum absolute atomic E-state index is 0. The summed E-state index contributed by atoms with van der Waals surface area (Å²) in [5.74, 6) is 0.629. The van der Waals surface area contributed by atoms with Crippen molar-refractivity contribution in [3.05, 3.63) is 0 Å². The minimum atomic E-state index is -3.16. The lowest BCUT2D eigenvalue weighted by molar-refractivity contribution is 0.595. The molecule has 0 radical (unpaired) electrons. The standard InChI is InChI=1S/C4H9ClO2S.C4H8O2S.C3H5ClO2S.C3H7NO2S.CH4/c1-8(6,7)4-2-3-5;1-7(5,6)4-2-3-4;2*4-7(5,6)3-1-2-3;/h2-4H2,1H3;4H,2-3H2,1H3;3H,1-2H2;3H,1-2H2,(H2,4,5,6);1H4. The first kappa shape index (κ1) is 32.5. The lowest BCUT2D eigenvalue weighted by Gasteiger charge is -1.90. The molecule has 3 aliphatic rings. The van der Waals surface area contributed by atoms with E-state index in [0.717, 1.165) is 38.5 Å². The zero-order chi connectivity index (χ0) is 23.1. The van der Waals surface area contributed by atoms with E-state index in [1.54, 1.807) is 0 Å². The van der Waals surface area contributed by atoms with Crippen LogP contribution in [-0.2, 0) is 38.7 Å². The Morgan fingerprint density at radius 3 is 1.17 bits per heavy atom. The van der Waals surface area contributed by atoms with Crippen molar-refractivity contribution in [2.45, 2.75) is 68.1 Å². The highest BCUT2D eigenvalue weighted by Crippen LogP contribution is 2.30. The average Bonchev–Trinajstić information content (AvgIpc) is 3.40. The summed E-state index contributed by atoms with van der Waals surface area (Å²) in [6.07, 6.45) is 7.87. The molecule has 2 N–H and O–H groups in total. The molecule has 0 saturated heterocycles. The summed E-state index contributed by atoms with van der Waals surface area (Å²) in [6, 6.07) is 0. The van der Waals surface area contributed by atoms with E-state index < -0.39 is 38.7 Å². The monoisotopic (exact) mass is 553 g/mol. The van der Waals surface area contributed by atoms with Crippen molar-refractivity contribution in [1.29, 1.82) is 0 Å². The van der Waals surface area contributed by atoms with Gasteiger partial charge in [0.05, 0.1) is 21.5 Å². The van der Waals surface area contributed by atoms with Crippen LogP contribution in [0.5, 0.6) is 0 Å². The van der Waals surface area contributed by atoms with Crippen molar-refractivity contribution in [2.24, 2.45) is 5.14 Å². The number of sulfonamides is 1. The largest absolute Gasteiger partial charge is 0.235 e. The van der Waals surface area contributed by atoms with Crippen LogP contribution in [-0.4, -0.2) is 73.6 Å². The molecule has 0 heterocycles. The number of primary sulfonamides is 1. The van der Waals surface area contributed by atoms with Gasteiger partial charge in [-0.1, -0.05) is 7.43 Å². The fourth-order valence-electron chi connectivity index (χ4n) is 1.56. The molecule has 3 rings (SSSR count). The minimum Gasteiger partial charge on any atom is -0.229 e. The Kier molecular flexibility index (Phi) is 14.2. The molecule has 0 bridgehead atoms. The normalized spacial score (nSPS) is 18.8. The van der Waals surface area contributed by atoms with Gasteiger partial charge in [0.1, 0.15) is 19.7 Å². The molecule has 0 aliphatic heterocycles. The number of hydrogen-bond acceptors (Lipinski definition) is 8. The summed E-state index contributed by atoms with van der Waals surface area (Å²) in [4.78, 5) is 0. The predicted octanol–water partition coefficient (Wildman–Crippen LogP) is 1.64. The van der Waals surface area contributed by atoms with Crippen molar-refractivity contribution in [3.63, 3.8) is 0 Å². The molecule has 3 aliphatic carbocycles. The smallest absolute Gasteiger partial charge is 0.229 e. The Hall–Kier alpha value is 0.340. The van der Waals surface area contributed by atoms with Crippen molar-refractivity contribution < 1.29 is 33.7 Å². The van der Waals surface area contributed by atoms with Crippen LogP contribution in [0.3, 0.4) is 0 Å². The third-order valence-electron chi connectivity index (χ3n) is 3.69. The highest BCUT2D eigenvalue weighted by atomic mass is 35.7. The molecule has 0 aromatic rings. The van der Waals surface area contributed by atoms with Crippen LogP contribution >= 0.6 is 22.3 Å². The highest BCUT2D eigenvalue weighted by Gasteiger charge is 2.34. The van der Waals surface area contributed by atoms with E-state index in [-0.39, 0.29) is 28.9 Å². The molecule has 30 heavy (non-hydrogen) atoms. The zero-order valence-electron chi connectivity index (χ0n) is 16.3. The van der Waals surface area contributed by atoms with Gasteiger partial charge in [0, 0.05) is 29.1 Å². The molecule has 9 nitrogen and oxygen atoms in total. The van der Waals surface area contributed by atoms with E-state index >= 15 is 0 Å². The molecule has 3 saturated carbocycles. The van der Waals surface area contributed by atoms with Crippen LogP contribution in [0.4, 0.5) is 0 Å². The topological polar surface area (TPSA) is 163 Å². The summed E-state index contributed by atoms with van der Waals surface area (Å²) in [7, 11) is -6.78. The second-order valence-corrected chi connectivity index (χ2v) is 16.9. The van der Waals surface area contributed by atoms with Crippen LogP contribution in [0, 0.1) is 0 Å². The summed E-state index contributed by atoms with van der Waals surface area (Å²) in [5.41, 5.74) is 0. The quantitative estimate of drug-likeness (QED) is 0.383. The van der Waals surface area contributed by atoms with Crippen molar-refractivity contribution >= 4 is 61.0 Å². The van der Waals surface area contributed by atoms with Crippen LogP contribution in [0.15, 0.2) is 0 Å². The Labute approximate surface area is 191 Å². The number of rotatable bonds is 6. The molecule has 184 valence electrons. The first-order valence-electron chi connectivity index (χ1n) is 8.75. The second kappa shape index (κ2) is 13.1. The van der Waals surface area contributed by atoms with Gasteiger partial charge < -0.3 is 0 Å². The SMILES string of the molecule is C.CS(=O)(=O)C1CC1.CS(=O)(=O)CCCCl.NS(=O)(=O)C1CC1.O=S(=O)(Cl)C1CC1. The fraction of sp³-hybridized carbons (Fsp3) is 1.00. The van der Waals surface area contributed by atoms with E-state index in [0.29, 0.717) is 12.3 Å². The van der Waals surface area contributed by atoms with Crippen LogP contribution in [0.1, 0.15) is 52.4 Å². The molecule has 0 aromatic heterocycles. The molecule has 3 fully saturated rings. The van der Waals surface area contributed by atoms with Gasteiger partial charge in [0.25, 0.3) is 0 Å². The fourth-order valence-corrected chi connectivity index (χ4v) is 5.54. The Balaban J connectivity index is 0. The Morgan fingerprint density at radius 2 is 1.13 bits per heavy atom. The van der Waals surface area contributed by atoms with Gasteiger partial charge >= 0.3 is 0 Å². The predicted molar refractivity (Wildman–Crippen MR) is 124 cm³/mol. The molecular weight excluding hydrogens is 521 g/mol. The van der Waals surface area contributed by atoms with Gasteiger partial charge in [0.2, 0.25) is 19.1 Å². The van der Waals surface area contributed by atoms with Crippen molar-refractivity contribution in [2.75, 3.05) is 24.1 Å². The number of sulfone groups is 2. The second-order valence-electron chi connectivity index (χ2n) is 7.16. The molecule has 0 atom stereocenters. The van der Waals surface area contributed by atoms with Crippen LogP contribution < -0.4 is 5.14 Å². The Bertz CT molecular complexity index is 824. The van der Waals surface area contributed by atoms with Crippen LogP contribution in [0.2, 0.25) is 0 Å². The van der Waals surface area contributed by atoms with Gasteiger partial charge in [-0.15, -0.1) is 11.6 Å². The third-order valence-corrected chi connectivity index (χ3v) is 10.1. The van der Waals surface area contributed by atoms with Gasteiger partial charge in [0.15, 0.2) is 0 Å². The van der Waals surface area contributed by atoms with E-state index in [2.05, 4.69) is 0 Å². The molecule has 0 aromatic carbocycles. The van der Waals surface area contributed by atoms with E-state index in [9.17, 15) is 33.7 Å². The number of halogens is 2. The van der Waals surface area contributed by atoms with E-state index in [1.165, 1.54) is 12.5 Å². The average molecular weight is 555 g/mol. The van der Waals surface area contributed by atoms with E-state index in [1.807, 2.05) is 0 Å². The highest BCUT2D eigenvalue weighted by molar-refractivity contribution is 8.14. The van der Waals surface area contributed by atoms with E-state index in [4.69, 9.17) is 27.4 Å². The first-order valence-corrected chi connectivity index (χ1v) is 17.3. The van der Waals surface area contributed by atoms with Crippen molar-refractivity contribution in [3.8, 4) is 0 Å². The maximum Gasteiger partial charge on any atom is 0.235 e. The summed E-state index contributed by atoms with van der Waals surface area (Å²) in [6.45, 7) is 0. The third kappa shape index (κ3) is 20.3. The van der Waals surface area contributed by atoms with Crippen LogP contribution in [0.25, 0.3) is 0 Å². The molecule has 0 amide bonds. The van der Waals surface area contributed by atoms with Gasteiger partial charge in [-0.2, -0.15) is 0 Å².